The van der Waals surface area contributed by atoms with Gasteiger partial charge in [0.05, 0.1) is 0 Å². The largest absolute Gasteiger partial charge is 0.484 e. The Balaban J connectivity index is 1.23. The van der Waals surface area contributed by atoms with E-state index >= 15 is 0 Å². The Morgan fingerprint density at radius 2 is 1.97 bits per heavy atom. The van der Waals surface area contributed by atoms with Gasteiger partial charge in [-0.3, -0.25) is 4.79 Å². The SMILES string of the molecule is CSc1nnc(CCCNC(=O)COc2ccc3ccccc3c2)n1C1CCCC1. The van der Waals surface area contributed by atoms with Crippen molar-refractivity contribution in [2.45, 2.75) is 49.7 Å². The summed E-state index contributed by atoms with van der Waals surface area (Å²) < 4.78 is 7.98. The number of fused-ring (bicyclic) bond motifs is 1. The van der Waals surface area contributed by atoms with Gasteiger partial charge in [0.2, 0.25) is 0 Å². The molecule has 3 aromatic rings. The minimum absolute atomic E-state index is 0.0211. The Morgan fingerprint density at radius 3 is 2.77 bits per heavy atom. The third kappa shape index (κ3) is 4.95. The summed E-state index contributed by atoms with van der Waals surface area (Å²) in [5.41, 5.74) is 0. The summed E-state index contributed by atoms with van der Waals surface area (Å²) in [7, 11) is 0. The van der Waals surface area contributed by atoms with E-state index in [1.54, 1.807) is 11.8 Å². The number of ether oxygens (including phenoxy) is 1. The molecule has 30 heavy (non-hydrogen) atoms. The third-order valence-electron chi connectivity index (χ3n) is 5.60. The van der Waals surface area contributed by atoms with Crippen molar-refractivity contribution < 1.29 is 9.53 Å². The summed E-state index contributed by atoms with van der Waals surface area (Å²) >= 11 is 1.66. The molecular weight excluding hydrogens is 396 g/mol. The maximum Gasteiger partial charge on any atom is 0.257 e. The first-order valence-corrected chi connectivity index (χ1v) is 11.8. The number of hydrogen-bond donors (Lipinski definition) is 1. The van der Waals surface area contributed by atoms with Crippen molar-refractivity contribution in [1.29, 1.82) is 0 Å². The molecule has 0 unspecified atom stereocenters. The molecule has 0 radical (unpaired) electrons. The van der Waals surface area contributed by atoms with Gasteiger partial charge >= 0.3 is 0 Å². The molecule has 0 aliphatic heterocycles. The Bertz CT molecular complexity index is 998. The van der Waals surface area contributed by atoms with Crippen LogP contribution in [0.5, 0.6) is 5.75 Å². The molecule has 1 aliphatic rings. The number of benzene rings is 2. The summed E-state index contributed by atoms with van der Waals surface area (Å²) in [6.45, 7) is 0.624. The first-order chi connectivity index (χ1) is 14.7. The van der Waals surface area contributed by atoms with Gasteiger partial charge in [0.1, 0.15) is 11.6 Å². The van der Waals surface area contributed by atoms with Crippen molar-refractivity contribution in [3.63, 3.8) is 0 Å². The number of nitrogens with zero attached hydrogens (tertiary/aromatic N) is 3. The van der Waals surface area contributed by atoms with Gasteiger partial charge in [0.25, 0.3) is 5.91 Å². The van der Waals surface area contributed by atoms with Gasteiger partial charge in [-0.05, 0) is 48.4 Å². The van der Waals surface area contributed by atoms with Gasteiger partial charge in [0.15, 0.2) is 11.8 Å². The van der Waals surface area contributed by atoms with Crippen LogP contribution in [0.15, 0.2) is 47.6 Å². The lowest BCUT2D eigenvalue weighted by Gasteiger charge is -2.16. The van der Waals surface area contributed by atoms with Crippen LogP contribution in [0.25, 0.3) is 10.8 Å². The van der Waals surface area contributed by atoms with Crippen molar-refractivity contribution in [2.24, 2.45) is 0 Å². The molecule has 2 aromatic carbocycles. The molecule has 0 spiro atoms. The zero-order valence-corrected chi connectivity index (χ0v) is 18.2. The van der Waals surface area contributed by atoms with Crippen LogP contribution in [0, 0.1) is 0 Å². The Hall–Kier alpha value is -2.54. The number of carbonyl (C=O) groups is 1. The third-order valence-corrected chi connectivity index (χ3v) is 6.24. The van der Waals surface area contributed by atoms with Gasteiger partial charge in [0, 0.05) is 19.0 Å². The van der Waals surface area contributed by atoms with Crippen molar-refractivity contribution in [3.8, 4) is 5.75 Å². The van der Waals surface area contributed by atoms with E-state index in [1.165, 1.54) is 25.7 Å². The highest BCUT2D eigenvalue weighted by atomic mass is 32.2. The molecular formula is C23H28N4O2S. The van der Waals surface area contributed by atoms with Crippen LogP contribution in [0.1, 0.15) is 44.0 Å². The number of amides is 1. The number of rotatable bonds is 9. The lowest BCUT2D eigenvalue weighted by Crippen LogP contribution is -2.30. The molecule has 1 N–H and O–H groups in total. The minimum atomic E-state index is -0.106. The van der Waals surface area contributed by atoms with Crippen LogP contribution in [0.3, 0.4) is 0 Å². The van der Waals surface area contributed by atoms with Crippen LogP contribution >= 0.6 is 11.8 Å². The second-order valence-electron chi connectivity index (χ2n) is 7.66. The van der Waals surface area contributed by atoms with Crippen LogP contribution in [-0.2, 0) is 11.2 Å². The summed E-state index contributed by atoms with van der Waals surface area (Å²) in [6, 6.07) is 14.5. The minimum Gasteiger partial charge on any atom is -0.484 e. The first-order valence-electron chi connectivity index (χ1n) is 10.6. The quantitative estimate of drug-likeness (QED) is 0.407. The number of aromatic nitrogens is 3. The molecule has 1 fully saturated rings. The highest BCUT2D eigenvalue weighted by Crippen LogP contribution is 2.33. The van der Waals surface area contributed by atoms with Crippen molar-refractivity contribution in [2.75, 3.05) is 19.4 Å². The van der Waals surface area contributed by atoms with Crippen molar-refractivity contribution in [1.82, 2.24) is 20.1 Å². The second-order valence-corrected chi connectivity index (χ2v) is 8.44. The van der Waals surface area contributed by atoms with Crippen LogP contribution in [-0.4, -0.2) is 40.1 Å². The molecule has 1 amide bonds. The molecule has 158 valence electrons. The molecule has 0 atom stereocenters. The van der Waals surface area contributed by atoms with Crippen molar-refractivity contribution in [3.05, 3.63) is 48.3 Å². The first kappa shape index (κ1) is 20.7. The molecule has 7 heteroatoms. The number of thioether (sulfide) groups is 1. The van der Waals surface area contributed by atoms with Gasteiger partial charge in [-0.2, -0.15) is 0 Å². The van der Waals surface area contributed by atoms with E-state index in [2.05, 4.69) is 32.4 Å². The fourth-order valence-corrected chi connectivity index (χ4v) is 4.65. The highest BCUT2D eigenvalue weighted by molar-refractivity contribution is 7.98. The molecule has 1 saturated carbocycles. The summed E-state index contributed by atoms with van der Waals surface area (Å²) in [5, 5.41) is 15.0. The van der Waals surface area contributed by atoms with Gasteiger partial charge < -0.3 is 14.6 Å². The van der Waals surface area contributed by atoms with E-state index in [-0.39, 0.29) is 12.5 Å². The van der Waals surface area contributed by atoms with Crippen LogP contribution in [0.4, 0.5) is 0 Å². The maximum atomic E-state index is 12.1. The Morgan fingerprint density at radius 1 is 1.17 bits per heavy atom. The molecule has 1 aliphatic carbocycles. The average molecular weight is 425 g/mol. The molecule has 4 rings (SSSR count). The van der Waals surface area contributed by atoms with Gasteiger partial charge in [-0.1, -0.05) is 54.9 Å². The second kappa shape index (κ2) is 9.98. The van der Waals surface area contributed by atoms with Crippen LogP contribution < -0.4 is 10.1 Å². The molecule has 1 aromatic heterocycles. The predicted molar refractivity (Wildman–Crippen MR) is 120 cm³/mol. The van der Waals surface area contributed by atoms with Gasteiger partial charge in [-0.15, -0.1) is 10.2 Å². The van der Waals surface area contributed by atoms with Crippen molar-refractivity contribution >= 4 is 28.4 Å². The molecule has 0 bridgehead atoms. The zero-order valence-electron chi connectivity index (χ0n) is 17.3. The van der Waals surface area contributed by atoms with E-state index in [0.717, 1.165) is 34.6 Å². The molecule has 6 nitrogen and oxygen atoms in total. The number of nitrogens with one attached hydrogen (secondary N) is 1. The summed E-state index contributed by atoms with van der Waals surface area (Å²) in [6.07, 6.45) is 8.68. The standard InChI is InChI=1S/C23H28N4O2S/c1-30-23-26-25-21(27(23)19-9-4-5-10-19)11-6-14-24-22(28)16-29-20-13-12-17-7-2-3-8-18(17)15-20/h2-3,7-8,12-13,15,19H,4-6,9-11,14,16H2,1H3,(H,24,28). The topological polar surface area (TPSA) is 69.0 Å². The average Bonchev–Trinajstić information content (AvgIpc) is 3.44. The van der Waals surface area contributed by atoms with E-state index in [4.69, 9.17) is 4.74 Å². The smallest absolute Gasteiger partial charge is 0.257 e. The lowest BCUT2D eigenvalue weighted by molar-refractivity contribution is -0.123. The van der Waals surface area contributed by atoms with E-state index in [1.807, 2.05) is 36.4 Å². The van der Waals surface area contributed by atoms with Gasteiger partial charge in [-0.25, -0.2) is 0 Å². The number of carbonyl (C=O) groups excluding carboxylic acids is 1. The zero-order chi connectivity index (χ0) is 20.8. The monoisotopic (exact) mass is 424 g/mol. The van der Waals surface area contributed by atoms with Crippen LogP contribution in [0.2, 0.25) is 0 Å². The summed E-state index contributed by atoms with van der Waals surface area (Å²) in [5.74, 6) is 1.64. The fourth-order valence-electron chi connectivity index (χ4n) is 4.08. The molecule has 1 heterocycles. The van der Waals surface area contributed by atoms with E-state index < -0.39 is 0 Å². The Labute approximate surface area is 181 Å². The normalized spacial score (nSPS) is 14.3. The number of hydrogen-bond acceptors (Lipinski definition) is 5. The lowest BCUT2D eigenvalue weighted by atomic mass is 10.1. The maximum absolute atomic E-state index is 12.1. The van der Waals surface area contributed by atoms with E-state index in [0.29, 0.717) is 18.3 Å². The predicted octanol–water partition coefficient (Wildman–Crippen LogP) is 4.40. The Kier molecular flexibility index (Phi) is 6.89. The fraction of sp³-hybridized carbons (Fsp3) is 0.435. The molecule has 0 saturated heterocycles. The summed E-state index contributed by atoms with van der Waals surface area (Å²) in [4.78, 5) is 12.1. The van der Waals surface area contributed by atoms with E-state index in [9.17, 15) is 4.79 Å². The highest BCUT2D eigenvalue weighted by Gasteiger charge is 2.23. The number of aryl methyl sites for hydroxylation is 1.